The number of alkyl halides is 3. The molecule has 0 atom stereocenters. The molecule has 100 valence electrons. The Balaban J connectivity index is 2.51. The first-order valence-electron chi connectivity index (χ1n) is 5.46. The maximum Gasteiger partial charge on any atom is 0.390 e. The van der Waals surface area contributed by atoms with Crippen molar-refractivity contribution in [2.75, 3.05) is 6.54 Å². The van der Waals surface area contributed by atoms with E-state index in [1.807, 2.05) is 0 Å². The molecule has 0 heterocycles. The maximum absolute atomic E-state index is 11.9. The molecule has 1 aromatic rings. The molecule has 0 aliphatic rings. The van der Waals surface area contributed by atoms with Crippen LogP contribution in [0.15, 0.2) is 18.2 Å². The van der Waals surface area contributed by atoms with Crippen molar-refractivity contribution in [3.63, 3.8) is 0 Å². The Kier molecular flexibility index (Phi) is 4.72. The summed E-state index contributed by atoms with van der Waals surface area (Å²) in [6, 6.07) is 4.88. The molecule has 0 saturated carbocycles. The Morgan fingerprint density at radius 2 is 2.06 bits per heavy atom. The van der Waals surface area contributed by atoms with Crippen molar-refractivity contribution < 1.29 is 18.0 Å². The van der Waals surface area contributed by atoms with E-state index in [1.165, 1.54) is 0 Å². The van der Waals surface area contributed by atoms with E-state index in [2.05, 4.69) is 5.32 Å². The minimum absolute atomic E-state index is 0.124. The Hall–Kier alpha value is -1.56. The largest absolute Gasteiger partial charge is 0.390 e. The van der Waals surface area contributed by atoms with Crippen molar-refractivity contribution in [3.05, 3.63) is 34.9 Å². The summed E-state index contributed by atoms with van der Waals surface area (Å²) in [7, 11) is 0. The van der Waals surface area contributed by atoms with Crippen LogP contribution in [0, 0.1) is 6.92 Å². The molecule has 1 aromatic carbocycles. The number of carbonyl (C=O) groups excluding carboxylic acids is 1. The number of amides is 1. The van der Waals surface area contributed by atoms with Crippen LogP contribution in [0.25, 0.3) is 0 Å². The molecule has 0 aliphatic carbocycles. The minimum Gasteiger partial charge on any atom is -0.366 e. The molecule has 0 spiro atoms. The van der Waals surface area contributed by atoms with Gasteiger partial charge in [-0.15, -0.1) is 0 Å². The van der Waals surface area contributed by atoms with E-state index in [9.17, 15) is 18.0 Å². The third-order valence-corrected chi connectivity index (χ3v) is 2.53. The zero-order valence-corrected chi connectivity index (χ0v) is 9.97. The van der Waals surface area contributed by atoms with E-state index in [1.54, 1.807) is 25.1 Å². The Morgan fingerprint density at radius 1 is 1.39 bits per heavy atom. The number of nitrogens with two attached hydrogens (primary N) is 1. The van der Waals surface area contributed by atoms with Gasteiger partial charge in [-0.3, -0.25) is 4.79 Å². The molecule has 18 heavy (non-hydrogen) atoms. The lowest BCUT2D eigenvalue weighted by atomic mass is 10.0. The van der Waals surface area contributed by atoms with Crippen LogP contribution >= 0.6 is 0 Å². The van der Waals surface area contributed by atoms with Gasteiger partial charge in [-0.1, -0.05) is 6.07 Å². The Bertz CT molecular complexity index is 430. The number of hydrogen-bond donors (Lipinski definition) is 2. The highest BCUT2D eigenvalue weighted by Crippen LogP contribution is 2.18. The Labute approximate surface area is 103 Å². The van der Waals surface area contributed by atoms with E-state index in [0.717, 1.165) is 11.1 Å². The second-order valence-corrected chi connectivity index (χ2v) is 4.05. The lowest BCUT2D eigenvalue weighted by Gasteiger charge is -2.10. The number of aryl methyl sites for hydroxylation is 1. The smallest absolute Gasteiger partial charge is 0.366 e. The fourth-order valence-corrected chi connectivity index (χ4v) is 1.50. The van der Waals surface area contributed by atoms with Crippen LogP contribution in [0.5, 0.6) is 0 Å². The molecule has 0 fully saturated rings. The molecular formula is C12H15F3N2O. The van der Waals surface area contributed by atoms with Gasteiger partial charge in [0.25, 0.3) is 0 Å². The number of benzene rings is 1. The minimum atomic E-state index is -4.14. The highest BCUT2D eigenvalue weighted by molar-refractivity contribution is 5.93. The molecule has 0 aromatic heterocycles. The van der Waals surface area contributed by atoms with Crippen LogP contribution in [0.4, 0.5) is 13.2 Å². The first-order valence-corrected chi connectivity index (χ1v) is 5.46. The van der Waals surface area contributed by atoms with Crippen LogP contribution in [0.1, 0.15) is 27.9 Å². The average molecular weight is 260 g/mol. The fourth-order valence-electron chi connectivity index (χ4n) is 1.50. The average Bonchev–Trinajstić information content (AvgIpc) is 2.24. The van der Waals surface area contributed by atoms with Gasteiger partial charge in [-0.05, 0) is 30.2 Å². The lowest BCUT2D eigenvalue weighted by molar-refractivity contribution is -0.133. The van der Waals surface area contributed by atoms with Crippen molar-refractivity contribution in [3.8, 4) is 0 Å². The SMILES string of the molecule is Cc1cc(C(N)=O)ccc1CNCCC(F)(F)F. The predicted octanol–water partition coefficient (Wildman–Crippen LogP) is 2.14. The van der Waals surface area contributed by atoms with Gasteiger partial charge in [0.15, 0.2) is 0 Å². The first kappa shape index (κ1) is 14.5. The van der Waals surface area contributed by atoms with Crippen LogP contribution < -0.4 is 11.1 Å². The van der Waals surface area contributed by atoms with Crippen LogP contribution in [-0.2, 0) is 6.54 Å². The molecule has 0 saturated heterocycles. The van der Waals surface area contributed by atoms with Crippen molar-refractivity contribution >= 4 is 5.91 Å². The van der Waals surface area contributed by atoms with Gasteiger partial charge in [0.05, 0.1) is 6.42 Å². The summed E-state index contributed by atoms with van der Waals surface area (Å²) in [5.74, 6) is -0.519. The molecule has 0 radical (unpaired) electrons. The quantitative estimate of drug-likeness (QED) is 0.797. The number of rotatable bonds is 5. The van der Waals surface area contributed by atoms with Gasteiger partial charge < -0.3 is 11.1 Å². The second kappa shape index (κ2) is 5.86. The summed E-state index contributed by atoms with van der Waals surface area (Å²) in [4.78, 5) is 10.9. The van der Waals surface area contributed by atoms with Crippen molar-refractivity contribution in [2.45, 2.75) is 26.1 Å². The van der Waals surface area contributed by atoms with Gasteiger partial charge in [0.1, 0.15) is 0 Å². The monoisotopic (exact) mass is 260 g/mol. The van der Waals surface area contributed by atoms with E-state index in [-0.39, 0.29) is 6.54 Å². The molecule has 1 rings (SSSR count). The highest BCUT2D eigenvalue weighted by atomic mass is 19.4. The van der Waals surface area contributed by atoms with Gasteiger partial charge in [0, 0.05) is 18.7 Å². The van der Waals surface area contributed by atoms with E-state index in [4.69, 9.17) is 5.73 Å². The van der Waals surface area contributed by atoms with Crippen molar-refractivity contribution in [1.82, 2.24) is 5.32 Å². The molecule has 6 heteroatoms. The van der Waals surface area contributed by atoms with Crippen LogP contribution in [-0.4, -0.2) is 18.6 Å². The molecule has 0 aliphatic heterocycles. The topological polar surface area (TPSA) is 55.1 Å². The van der Waals surface area contributed by atoms with Gasteiger partial charge in [-0.25, -0.2) is 0 Å². The summed E-state index contributed by atoms with van der Waals surface area (Å²) in [6.45, 7) is 1.99. The van der Waals surface area contributed by atoms with E-state index < -0.39 is 18.5 Å². The third-order valence-electron chi connectivity index (χ3n) is 2.53. The molecule has 0 bridgehead atoms. The third kappa shape index (κ3) is 4.75. The molecular weight excluding hydrogens is 245 g/mol. The fraction of sp³-hybridized carbons (Fsp3) is 0.417. The molecule has 1 amide bonds. The predicted molar refractivity (Wildman–Crippen MR) is 62.1 cm³/mol. The van der Waals surface area contributed by atoms with Gasteiger partial charge in [-0.2, -0.15) is 13.2 Å². The lowest BCUT2D eigenvalue weighted by Crippen LogP contribution is -2.21. The maximum atomic E-state index is 11.9. The van der Waals surface area contributed by atoms with Gasteiger partial charge in [0.2, 0.25) is 5.91 Å². The summed E-state index contributed by atoms with van der Waals surface area (Å²) in [5, 5.41) is 2.71. The first-order chi connectivity index (χ1) is 8.29. The van der Waals surface area contributed by atoms with Crippen molar-refractivity contribution in [1.29, 1.82) is 0 Å². The number of nitrogens with one attached hydrogen (secondary N) is 1. The Morgan fingerprint density at radius 3 is 2.56 bits per heavy atom. The summed E-state index contributed by atoms with van der Waals surface area (Å²) < 4.78 is 35.7. The van der Waals surface area contributed by atoms with Crippen LogP contribution in [0.3, 0.4) is 0 Å². The summed E-state index contributed by atoms with van der Waals surface area (Å²) >= 11 is 0. The zero-order valence-electron chi connectivity index (χ0n) is 9.97. The summed E-state index contributed by atoms with van der Waals surface area (Å²) in [6.07, 6.45) is -5.00. The van der Waals surface area contributed by atoms with Gasteiger partial charge >= 0.3 is 6.18 Å². The van der Waals surface area contributed by atoms with Crippen molar-refractivity contribution in [2.24, 2.45) is 5.73 Å². The number of primary amides is 1. The number of halogens is 3. The number of carbonyl (C=O) groups is 1. The zero-order chi connectivity index (χ0) is 13.8. The van der Waals surface area contributed by atoms with E-state index >= 15 is 0 Å². The molecule has 0 unspecified atom stereocenters. The normalized spacial score (nSPS) is 11.6. The second-order valence-electron chi connectivity index (χ2n) is 4.05. The van der Waals surface area contributed by atoms with Crippen LogP contribution in [0.2, 0.25) is 0 Å². The highest BCUT2D eigenvalue weighted by Gasteiger charge is 2.25. The number of hydrogen-bond acceptors (Lipinski definition) is 2. The van der Waals surface area contributed by atoms with E-state index in [0.29, 0.717) is 12.1 Å². The standard InChI is InChI=1S/C12H15F3N2O/c1-8-6-9(11(16)18)2-3-10(8)7-17-5-4-12(13,14)15/h2-3,6,17H,4-5,7H2,1H3,(H2,16,18). The molecule has 3 N–H and O–H groups in total. The molecule has 3 nitrogen and oxygen atoms in total. The summed E-state index contributed by atoms with van der Waals surface area (Å²) in [5.41, 5.74) is 7.19.